The summed E-state index contributed by atoms with van der Waals surface area (Å²) >= 11 is 0. The third-order valence-electron chi connectivity index (χ3n) is 3.12. The number of likely N-dealkylation sites (tertiary alicyclic amines) is 1. The SMILES string of the molecule is C[C@@H](CC(=N)C(=O)OC(C)(C)C)N1CCC(=O)CC1. The Labute approximate surface area is 114 Å². The van der Waals surface area contributed by atoms with Crippen molar-refractivity contribution in [3.63, 3.8) is 0 Å². The molecule has 1 atom stereocenters. The first-order valence-electron chi connectivity index (χ1n) is 6.75. The highest BCUT2D eigenvalue weighted by atomic mass is 16.6. The summed E-state index contributed by atoms with van der Waals surface area (Å²) in [5.41, 5.74) is -0.566. The van der Waals surface area contributed by atoms with Crippen LogP contribution in [0.15, 0.2) is 0 Å². The summed E-state index contributed by atoms with van der Waals surface area (Å²) < 4.78 is 5.17. The zero-order valence-electron chi connectivity index (χ0n) is 12.3. The van der Waals surface area contributed by atoms with Gasteiger partial charge in [0.25, 0.3) is 0 Å². The standard InChI is InChI=1S/C14H24N2O3/c1-10(16-7-5-11(17)6-8-16)9-12(15)13(18)19-14(2,3)4/h10,15H,5-9H2,1-4H3/t10-/m0/s1. The number of carbonyl (C=O) groups excluding carboxylic acids is 2. The van der Waals surface area contributed by atoms with Gasteiger partial charge in [0, 0.05) is 38.4 Å². The van der Waals surface area contributed by atoms with E-state index in [0.717, 1.165) is 13.1 Å². The second-order valence-corrected chi connectivity index (χ2v) is 6.11. The van der Waals surface area contributed by atoms with E-state index in [1.165, 1.54) is 0 Å². The van der Waals surface area contributed by atoms with Crippen LogP contribution in [0.2, 0.25) is 0 Å². The predicted octanol–water partition coefficient (Wildman–Crippen LogP) is 1.79. The lowest BCUT2D eigenvalue weighted by Gasteiger charge is -2.31. The molecule has 0 radical (unpaired) electrons. The van der Waals surface area contributed by atoms with Crippen molar-refractivity contribution in [2.24, 2.45) is 0 Å². The van der Waals surface area contributed by atoms with E-state index in [2.05, 4.69) is 4.90 Å². The number of carbonyl (C=O) groups is 2. The van der Waals surface area contributed by atoms with E-state index in [4.69, 9.17) is 10.1 Å². The number of hydrogen-bond acceptors (Lipinski definition) is 5. The number of ketones is 1. The van der Waals surface area contributed by atoms with Crippen LogP contribution in [0.1, 0.15) is 47.0 Å². The molecule has 5 heteroatoms. The summed E-state index contributed by atoms with van der Waals surface area (Å²) in [5, 5.41) is 7.80. The van der Waals surface area contributed by atoms with Gasteiger partial charge in [0.15, 0.2) is 0 Å². The molecule has 1 fully saturated rings. The van der Waals surface area contributed by atoms with E-state index in [1.54, 1.807) is 20.8 Å². The number of ether oxygens (including phenoxy) is 1. The third kappa shape index (κ3) is 5.51. The molecule has 1 saturated heterocycles. The summed E-state index contributed by atoms with van der Waals surface area (Å²) in [6.45, 7) is 8.80. The monoisotopic (exact) mass is 268 g/mol. The number of rotatable bonds is 4. The van der Waals surface area contributed by atoms with Gasteiger partial charge in [-0.15, -0.1) is 0 Å². The molecule has 0 unspecified atom stereocenters. The van der Waals surface area contributed by atoms with Crippen LogP contribution in [0.4, 0.5) is 0 Å². The van der Waals surface area contributed by atoms with E-state index in [9.17, 15) is 9.59 Å². The highest BCUT2D eigenvalue weighted by Crippen LogP contribution is 2.14. The Hall–Kier alpha value is -1.23. The maximum Gasteiger partial charge on any atom is 0.352 e. The first-order valence-corrected chi connectivity index (χ1v) is 6.75. The smallest absolute Gasteiger partial charge is 0.352 e. The first-order chi connectivity index (χ1) is 8.69. The maximum atomic E-state index is 11.7. The Balaban J connectivity index is 2.43. The Kier molecular flexibility index (Phi) is 5.23. The van der Waals surface area contributed by atoms with Gasteiger partial charge < -0.3 is 4.74 Å². The lowest BCUT2D eigenvalue weighted by molar-refractivity contribution is -0.146. The molecule has 1 aliphatic rings. The van der Waals surface area contributed by atoms with Crippen LogP contribution in [0.5, 0.6) is 0 Å². The molecule has 19 heavy (non-hydrogen) atoms. The quantitative estimate of drug-likeness (QED) is 0.623. The molecule has 0 aromatic carbocycles. The molecule has 0 bridgehead atoms. The molecule has 1 rings (SSSR count). The predicted molar refractivity (Wildman–Crippen MR) is 73.5 cm³/mol. The maximum absolute atomic E-state index is 11.7. The van der Waals surface area contributed by atoms with Crippen molar-refractivity contribution in [2.75, 3.05) is 13.1 Å². The Morgan fingerprint density at radius 2 is 1.89 bits per heavy atom. The molecule has 0 amide bonds. The van der Waals surface area contributed by atoms with Crippen molar-refractivity contribution in [3.05, 3.63) is 0 Å². The molecule has 1 aliphatic heterocycles. The molecular formula is C14H24N2O3. The van der Waals surface area contributed by atoms with Gasteiger partial charge in [-0.3, -0.25) is 15.1 Å². The largest absolute Gasteiger partial charge is 0.456 e. The van der Waals surface area contributed by atoms with Crippen LogP contribution in [0, 0.1) is 5.41 Å². The molecule has 0 aromatic rings. The van der Waals surface area contributed by atoms with Gasteiger partial charge in [-0.1, -0.05) is 0 Å². The average Bonchev–Trinajstić information content (AvgIpc) is 2.27. The molecule has 0 aliphatic carbocycles. The van der Waals surface area contributed by atoms with Crippen LogP contribution in [0.3, 0.4) is 0 Å². The van der Waals surface area contributed by atoms with Gasteiger partial charge >= 0.3 is 5.97 Å². The normalized spacial score (nSPS) is 19.1. The summed E-state index contributed by atoms with van der Waals surface area (Å²) in [7, 11) is 0. The van der Waals surface area contributed by atoms with Gasteiger partial charge in [-0.25, -0.2) is 4.79 Å². The fourth-order valence-electron chi connectivity index (χ4n) is 2.06. The second kappa shape index (κ2) is 6.28. The Morgan fingerprint density at radius 1 is 1.37 bits per heavy atom. The Morgan fingerprint density at radius 3 is 2.37 bits per heavy atom. The van der Waals surface area contributed by atoms with Crippen LogP contribution in [-0.4, -0.2) is 47.1 Å². The summed E-state index contributed by atoms with van der Waals surface area (Å²) in [6, 6.07) is 0.0909. The van der Waals surface area contributed by atoms with E-state index < -0.39 is 11.6 Å². The third-order valence-corrected chi connectivity index (χ3v) is 3.12. The highest BCUT2D eigenvalue weighted by molar-refractivity contribution is 6.35. The number of hydrogen-bond donors (Lipinski definition) is 1. The van der Waals surface area contributed by atoms with Gasteiger partial charge in [0.05, 0.1) is 0 Å². The number of nitrogens with zero attached hydrogens (tertiary/aromatic N) is 1. The fourth-order valence-corrected chi connectivity index (χ4v) is 2.06. The van der Waals surface area contributed by atoms with Gasteiger partial charge in [-0.2, -0.15) is 0 Å². The van der Waals surface area contributed by atoms with Crippen LogP contribution in [0.25, 0.3) is 0 Å². The summed E-state index contributed by atoms with van der Waals surface area (Å²) in [6.07, 6.45) is 1.51. The van der Waals surface area contributed by atoms with Crippen LogP contribution >= 0.6 is 0 Å². The number of Topliss-reactive ketones (excluding diaryl/α,β-unsaturated/α-hetero) is 1. The Bertz CT molecular complexity index is 361. The van der Waals surface area contributed by atoms with E-state index >= 15 is 0 Å². The minimum atomic E-state index is -0.565. The molecular weight excluding hydrogens is 244 g/mol. The molecule has 1 heterocycles. The van der Waals surface area contributed by atoms with Crippen LogP contribution < -0.4 is 0 Å². The van der Waals surface area contributed by atoms with Crippen molar-refractivity contribution in [3.8, 4) is 0 Å². The molecule has 0 spiro atoms. The fraction of sp³-hybridized carbons (Fsp3) is 0.786. The summed E-state index contributed by atoms with van der Waals surface area (Å²) in [5.74, 6) is -0.252. The van der Waals surface area contributed by atoms with Crippen LogP contribution in [-0.2, 0) is 14.3 Å². The van der Waals surface area contributed by atoms with Gasteiger partial charge in [-0.05, 0) is 27.7 Å². The average molecular weight is 268 g/mol. The first kappa shape index (κ1) is 15.8. The summed E-state index contributed by atoms with van der Waals surface area (Å²) in [4.78, 5) is 25.0. The van der Waals surface area contributed by atoms with E-state index in [-0.39, 0.29) is 11.8 Å². The number of esters is 1. The van der Waals surface area contributed by atoms with E-state index in [0.29, 0.717) is 25.0 Å². The molecule has 0 saturated carbocycles. The molecule has 5 nitrogen and oxygen atoms in total. The number of nitrogens with one attached hydrogen (secondary N) is 1. The van der Waals surface area contributed by atoms with E-state index in [1.807, 2.05) is 6.92 Å². The minimum absolute atomic E-state index is 0.000625. The highest BCUT2D eigenvalue weighted by Gasteiger charge is 2.25. The second-order valence-electron chi connectivity index (χ2n) is 6.11. The lowest BCUT2D eigenvalue weighted by Crippen LogP contribution is -2.42. The van der Waals surface area contributed by atoms with Gasteiger partial charge in [0.1, 0.15) is 17.1 Å². The van der Waals surface area contributed by atoms with Crippen molar-refractivity contribution in [1.29, 1.82) is 5.41 Å². The molecule has 1 N–H and O–H groups in total. The topological polar surface area (TPSA) is 70.5 Å². The van der Waals surface area contributed by atoms with Crippen molar-refractivity contribution >= 4 is 17.5 Å². The van der Waals surface area contributed by atoms with Crippen molar-refractivity contribution in [2.45, 2.75) is 58.6 Å². The minimum Gasteiger partial charge on any atom is -0.456 e. The van der Waals surface area contributed by atoms with Crippen molar-refractivity contribution in [1.82, 2.24) is 4.90 Å². The van der Waals surface area contributed by atoms with Gasteiger partial charge in [0.2, 0.25) is 0 Å². The molecule has 0 aromatic heterocycles. The zero-order valence-corrected chi connectivity index (χ0v) is 12.3. The molecule has 108 valence electrons. The zero-order chi connectivity index (χ0) is 14.6. The lowest BCUT2D eigenvalue weighted by atomic mass is 10.0. The number of piperidine rings is 1. The van der Waals surface area contributed by atoms with Crippen molar-refractivity contribution < 1.29 is 14.3 Å².